The smallest absolute Gasteiger partial charge is 0.308 e. The number of piperazine rings is 1. The summed E-state index contributed by atoms with van der Waals surface area (Å²) in [5.74, 6) is 0.321. The summed E-state index contributed by atoms with van der Waals surface area (Å²) in [6, 6.07) is 8.42. The zero-order valence-corrected chi connectivity index (χ0v) is 19.7. The molecule has 33 heavy (non-hydrogen) atoms. The van der Waals surface area contributed by atoms with Gasteiger partial charge in [-0.1, -0.05) is 50.3 Å². The summed E-state index contributed by atoms with van der Waals surface area (Å²) in [4.78, 5) is 38.8. The first kappa shape index (κ1) is 25.0. The number of esters is 1. The molecule has 9 heteroatoms. The van der Waals surface area contributed by atoms with E-state index in [1.807, 2.05) is 30.3 Å². The predicted molar refractivity (Wildman–Crippen MR) is 128 cm³/mol. The second-order valence-corrected chi connectivity index (χ2v) is 8.87. The Labute approximate surface area is 200 Å². The lowest BCUT2D eigenvalue weighted by molar-refractivity contribution is -0.148. The molecule has 2 N–H and O–H groups in total. The second-order valence-electron chi connectivity index (χ2n) is 8.48. The Morgan fingerprint density at radius 1 is 1.12 bits per heavy atom. The molecule has 1 atom stereocenters. The molecule has 1 unspecified atom stereocenters. The molecule has 3 rings (SSSR count). The standard InChI is InChI=1S/C24H33N3O5S/c28-21(12-11-18-7-3-1-4-8-18)26-24(33)27-14-13-25-23(30)20(27)17-22(29)32-16-15-31-19-9-5-2-6-10-19/h2,5-6,9-10,18,20H,1,3-4,7-8,11-17H2,(H,25,30)(H,26,28,33). The number of nitrogens with one attached hydrogen (secondary N) is 2. The van der Waals surface area contributed by atoms with E-state index < -0.39 is 12.0 Å². The fourth-order valence-electron chi connectivity index (χ4n) is 4.27. The van der Waals surface area contributed by atoms with Crippen molar-refractivity contribution in [1.29, 1.82) is 0 Å². The van der Waals surface area contributed by atoms with Gasteiger partial charge in [0.2, 0.25) is 11.8 Å². The van der Waals surface area contributed by atoms with Crippen molar-refractivity contribution in [3.8, 4) is 5.75 Å². The summed E-state index contributed by atoms with van der Waals surface area (Å²) in [6.45, 7) is 1.10. The Balaban J connectivity index is 1.42. The Hall–Kier alpha value is -2.68. The van der Waals surface area contributed by atoms with Crippen molar-refractivity contribution < 1.29 is 23.9 Å². The van der Waals surface area contributed by atoms with E-state index in [9.17, 15) is 14.4 Å². The number of benzene rings is 1. The molecule has 1 aliphatic carbocycles. The molecule has 180 valence electrons. The van der Waals surface area contributed by atoms with Gasteiger partial charge in [0.15, 0.2) is 5.11 Å². The number of carbonyl (C=O) groups excluding carboxylic acids is 3. The van der Waals surface area contributed by atoms with Gasteiger partial charge in [0, 0.05) is 19.5 Å². The van der Waals surface area contributed by atoms with Crippen LogP contribution in [0.2, 0.25) is 0 Å². The minimum atomic E-state index is -0.813. The van der Waals surface area contributed by atoms with Crippen LogP contribution in [0.3, 0.4) is 0 Å². The minimum Gasteiger partial charge on any atom is -0.490 e. The van der Waals surface area contributed by atoms with Gasteiger partial charge in [-0.2, -0.15) is 0 Å². The highest BCUT2D eigenvalue weighted by atomic mass is 32.1. The van der Waals surface area contributed by atoms with Gasteiger partial charge in [-0.3, -0.25) is 14.4 Å². The minimum absolute atomic E-state index is 0.0738. The highest BCUT2D eigenvalue weighted by Gasteiger charge is 2.34. The average molecular weight is 476 g/mol. The van der Waals surface area contributed by atoms with Crippen LogP contribution >= 0.6 is 12.2 Å². The topological polar surface area (TPSA) is 97.0 Å². The summed E-state index contributed by atoms with van der Waals surface area (Å²) in [6.07, 6.45) is 7.25. The Kier molecular flexibility index (Phi) is 9.93. The maximum Gasteiger partial charge on any atom is 0.308 e. The first-order valence-corrected chi connectivity index (χ1v) is 12.2. The zero-order chi connectivity index (χ0) is 23.5. The molecule has 0 aromatic heterocycles. The molecule has 0 radical (unpaired) electrons. The van der Waals surface area contributed by atoms with Crippen molar-refractivity contribution in [2.45, 2.75) is 57.4 Å². The Morgan fingerprint density at radius 3 is 2.64 bits per heavy atom. The van der Waals surface area contributed by atoms with Crippen LogP contribution in [-0.4, -0.2) is 60.1 Å². The summed E-state index contributed by atoms with van der Waals surface area (Å²) < 4.78 is 10.7. The van der Waals surface area contributed by atoms with Crippen LogP contribution in [0.5, 0.6) is 5.75 Å². The van der Waals surface area contributed by atoms with Crippen molar-refractivity contribution in [3.05, 3.63) is 30.3 Å². The van der Waals surface area contributed by atoms with Crippen molar-refractivity contribution in [2.24, 2.45) is 5.92 Å². The average Bonchev–Trinajstić information content (AvgIpc) is 2.83. The highest BCUT2D eigenvalue weighted by molar-refractivity contribution is 7.80. The maximum atomic E-state index is 12.4. The van der Waals surface area contributed by atoms with Crippen molar-refractivity contribution in [3.63, 3.8) is 0 Å². The molecule has 0 spiro atoms. The normalized spacial score (nSPS) is 18.8. The number of para-hydroxylation sites is 1. The van der Waals surface area contributed by atoms with Gasteiger partial charge in [0.1, 0.15) is 25.0 Å². The number of ether oxygens (including phenoxy) is 2. The summed E-state index contributed by atoms with van der Waals surface area (Å²) in [5.41, 5.74) is 0. The van der Waals surface area contributed by atoms with Crippen LogP contribution in [0.4, 0.5) is 0 Å². The summed E-state index contributed by atoms with van der Waals surface area (Å²) in [5, 5.41) is 5.68. The predicted octanol–water partition coefficient (Wildman–Crippen LogP) is 2.56. The molecular formula is C24H33N3O5S. The molecule has 1 aromatic rings. The molecule has 2 fully saturated rings. The molecule has 1 aliphatic heterocycles. The number of amides is 2. The summed E-state index contributed by atoms with van der Waals surface area (Å²) in [7, 11) is 0. The lowest BCUT2D eigenvalue weighted by atomic mass is 9.86. The van der Waals surface area contributed by atoms with Crippen molar-refractivity contribution in [1.82, 2.24) is 15.5 Å². The Morgan fingerprint density at radius 2 is 1.88 bits per heavy atom. The molecule has 1 saturated carbocycles. The van der Waals surface area contributed by atoms with Crippen LogP contribution in [0.15, 0.2) is 30.3 Å². The SMILES string of the molecule is O=C(CCC1CCCCC1)NC(=S)N1CCNC(=O)C1CC(=O)OCCOc1ccccc1. The highest BCUT2D eigenvalue weighted by Crippen LogP contribution is 2.27. The summed E-state index contributed by atoms with van der Waals surface area (Å²) >= 11 is 5.41. The van der Waals surface area contributed by atoms with Gasteiger partial charge in [-0.15, -0.1) is 0 Å². The van der Waals surface area contributed by atoms with Crippen LogP contribution in [0.1, 0.15) is 51.4 Å². The third-order valence-electron chi connectivity index (χ3n) is 6.06. The zero-order valence-electron chi connectivity index (χ0n) is 18.9. The molecular weight excluding hydrogens is 442 g/mol. The first-order chi connectivity index (χ1) is 16.0. The van der Waals surface area contributed by atoms with Gasteiger partial charge < -0.3 is 25.0 Å². The number of hydrogen-bond acceptors (Lipinski definition) is 6. The van der Waals surface area contributed by atoms with Crippen molar-refractivity contribution in [2.75, 3.05) is 26.3 Å². The number of thiocarbonyl (C=S) groups is 1. The first-order valence-electron chi connectivity index (χ1n) is 11.7. The number of nitrogens with zero attached hydrogens (tertiary/aromatic N) is 1. The van der Waals surface area contributed by atoms with Crippen LogP contribution in [0.25, 0.3) is 0 Å². The number of rotatable bonds is 9. The molecule has 2 aliphatic rings. The lowest BCUT2D eigenvalue weighted by Crippen LogP contribution is -2.60. The van der Waals surface area contributed by atoms with E-state index in [4.69, 9.17) is 21.7 Å². The van der Waals surface area contributed by atoms with Gasteiger partial charge >= 0.3 is 5.97 Å². The van der Waals surface area contributed by atoms with E-state index in [0.29, 0.717) is 31.2 Å². The van der Waals surface area contributed by atoms with Gasteiger partial charge in [-0.05, 0) is 36.7 Å². The molecule has 0 bridgehead atoms. The second kappa shape index (κ2) is 13.1. The van der Waals surface area contributed by atoms with E-state index in [2.05, 4.69) is 10.6 Å². The third kappa shape index (κ3) is 8.31. The van der Waals surface area contributed by atoms with E-state index in [0.717, 1.165) is 6.42 Å². The van der Waals surface area contributed by atoms with E-state index in [1.54, 1.807) is 4.90 Å². The van der Waals surface area contributed by atoms with E-state index in [1.165, 1.54) is 32.1 Å². The van der Waals surface area contributed by atoms with E-state index >= 15 is 0 Å². The Bertz CT molecular complexity index is 814. The van der Waals surface area contributed by atoms with Gasteiger partial charge in [-0.25, -0.2) is 0 Å². The maximum absolute atomic E-state index is 12.4. The number of carbonyl (C=O) groups is 3. The van der Waals surface area contributed by atoms with Gasteiger partial charge in [0.05, 0.1) is 6.42 Å². The molecule has 1 saturated heterocycles. The van der Waals surface area contributed by atoms with Crippen LogP contribution in [-0.2, 0) is 19.1 Å². The van der Waals surface area contributed by atoms with Crippen molar-refractivity contribution >= 4 is 35.1 Å². The quantitative estimate of drug-likeness (QED) is 0.322. The van der Waals surface area contributed by atoms with Gasteiger partial charge in [0.25, 0.3) is 0 Å². The van der Waals surface area contributed by atoms with Crippen LogP contribution in [0, 0.1) is 5.92 Å². The number of hydrogen-bond donors (Lipinski definition) is 2. The largest absolute Gasteiger partial charge is 0.490 e. The fraction of sp³-hybridized carbons (Fsp3) is 0.583. The van der Waals surface area contributed by atoms with E-state index in [-0.39, 0.29) is 36.6 Å². The third-order valence-corrected chi connectivity index (χ3v) is 6.40. The molecule has 1 aromatic carbocycles. The molecule has 1 heterocycles. The fourth-order valence-corrected chi connectivity index (χ4v) is 4.61. The van der Waals surface area contributed by atoms with Crippen LogP contribution < -0.4 is 15.4 Å². The lowest BCUT2D eigenvalue weighted by Gasteiger charge is -2.36. The molecule has 2 amide bonds. The molecule has 8 nitrogen and oxygen atoms in total. The monoisotopic (exact) mass is 475 g/mol.